The Kier molecular flexibility index (Phi) is 10.0. The van der Waals surface area contributed by atoms with Crippen molar-refractivity contribution in [2.45, 2.75) is 62.6 Å². The van der Waals surface area contributed by atoms with Gasteiger partial charge < -0.3 is 34.4 Å². The molecule has 3 aromatic carbocycles. The SMILES string of the molecule is COC[C@@H]1NC(=O)CC/C=C\CN(c2ccc3ccccc3c2)C(=O)[C@H]2N([C@@H](CO)C(C)C)C(=O)[C@@H]3[C@@H](C(=O)O[C@H]1c1ccccc1)[C@H]1C=C[C@]32O1. The number of aliphatic hydroxyl groups is 1. The third kappa shape index (κ3) is 6.20. The maximum Gasteiger partial charge on any atom is 0.313 e. The number of cyclic esters (lactones) is 1. The number of amides is 3. The number of hydrogen-bond acceptors (Lipinski definition) is 8. The molecule has 0 aliphatic carbocycles. The van der Waals surface area contributed by atoms with Gasteiger partial charge in [0.1, 0.15) is 23.7 Å². The Hall–Kier alpha value is -4.84. The zero-order valence-electron chi connectivity index (χ0n) is 29.6. The molecule has 0 radical (unpaired) electrons. The van der Waals surface area contributed by atoms with Crippen LogP contribution in [0.4, 0.5) is 5.69 Å². The second-order valence-electron chi connectivity index (χ2n) is 14.3. The normalized spacial score (nSPS) is 30.5. The van der Waals surface area contributed by atoms with Crippen LogP contribution in [-0.2, 0) is 33.4 Å². The molecule has 1 spiro atoms. The molecule has 7 rings (SSSR count). The molecule has 11 heteroatoms. The van der Waals surface area contributed by atoms with Crippen LogP contribution < -0.4 is 10.2 Å². The zero-order valence-corrected chi connectivity index (χ0v) is 29.6. The van der Waals surface area contributed by atoms with Crippen molar-refractivity contribution in [3.05, 3.63) is 103 Å². The van der Waals surface area contributed by atoms with E-state index < -0.39 is 65.6 Å². The topological polar surface area (TPSA) is 135 Å². The Balaban J connectivity index is 1.36. The van der Waals surface area contributed by atoms with E-state index in [0.29, 0.717) is 17.7 Å². The van der Waals surface area contributed by atoms with Gasteiger partial charge in [-0.25, -0.2) is 0 Å². The fourth-order valence-corrected chi connectivity index (χ4v) is 8.35. The lowest BCUT2D eigenvalue weighted by atomic mass is 9.74. The molecule has 52 heavy (non-hydrogen) atoms. The van der Waals surface area contributed by atoms with Crippen molar-refractivity contribution in [2.24, 2.45) is 17.8 Å². The Bertz CT molecular complexity index is 1890. The fraction of sp³-hybridized carbons (Fsp3) is 0.415. The lowest BCUT2D eigenvalue weighted by molar-refractivity contribution is -0.162. The molecular weight excluding hydrogens is 662 g/mol. The fourth-order valence-electron chi connectivity index (χ4n) is 8.35. The summed E-state index contributed by atoms with van der Waals surface area (Å²) in [6.07, 6.45) is 5.96. The molecule has 0 saturated carbocycles. The summed E-state index contributed by atoms with van der Waals surface area (Å²) in [4.78, 5) is 61.0. The highest BCUT2D eigenvalue weighted by molar-refractivity contribution is 6.06. The molecule has 2 saturated heterocycles. The highest BCUT2D eigenvalue weighted by atomic mass is 16.6. The number of rotatable bonds is 7. The van der Waals surface area contributed by atoms with E-state index in [2.05, 4.69) is 5.32 Å². The maximum atomic E-state index is 15.3. The van der Waals surface area contributed by atoms with Crippen molar-refractivity contribution in [3.8, 4) is 0 Å². The summed E-state index contributed by atoms with van der Waals surface area (Å²) >= 11 is 0. The minimum atomic E-state index is -1.49. The van der Waals surface area contributed by atoms with Gasteiger partial charge in [-0.1, -0.05) is 98.8 Å². The monoisotopic (exact) mass is 707 g/mol. The number of fused-ring (bicyclic) bond motifs is 3. The second-order valence-corrected chi connectivity index (χ2v) is 14.3. The number of hydrogen-bond donors (Lipinski definition) is 2. The molecule has 11 nitrogen and oxygen atoms in total. The molecule has 3 amide bonds. The van der Waals surface area contributed by atoms with Gasteiger partial charge >= 0.3 is 5.97 Å². The smallest absolute Gasteiger partial charge is 0.313 e. The first kappa shape index (κ1) is 35.6. The first-order valence-electron chi connectivity index (χ1n) is 18.0. The van der Waals surface area contributed by atoms with Gasteiger partial charge in [-0.15, -0.1) is 0 Å². The van der Waals surface area contributed by atoms with Crippen molar-refractivity contribution < 1.29 is 38.5 Å². The molecule has 0 unspecified atom stereocenters. The Morgan fingerprint density at radius 1 is 0.962 bits per heavy atom. The molecule has 8 atom stereocenters. The predicted octanol–water partition coefficient (Wildman–Crippen LogP) is 4.11. The van der Waals surface area contributed by atoms with Crippen molar-refractivity contribution in [1.82, 2.24) is 10.2 Å². The number of allylic oxidation sites excluding steroid dienone is 1. The van der Waals surface area contributed by atoms with Crippen LogP contribution in [0.1, 0.15) is 38.4 Å². The van der Waals surface area contributed by atoms with Gasteiger partial charge in [0.25, 0.3) is 5.91 Å². The van der Waals surface area contributed by atoms with E-state index in [-0.39, 0.29) is 38.0 Å². The van der Waals surface area contributed by atoms with Gasteiger partial charge in [-0.05, 0) is 40.8 Å². The van der Waals surface area contributed by atoms with Crippen molar-refractivity contribution in [2.75, 3.05) is 31.8 Å². The van der Waals surface area contributed by atoms with E-state index in [9.17, 15) is 19.5 Å². The number of anilines is 1. The first-order valence-corrected chi connectivity index (χ1v) is 18.0. The van der Waals surface area contributed by atoms with Crippen molar-refractivity contribution in [3.63, 3.8) is 0 Å². The van der Waals surface area contributed by atoms with E-state index in [1.165, 1.54) is 12.0 Å². The molecule has 5 bridgehead atoms. The molecule has 4 heterocycles. The first-order chi connectivity index (χ1) is 25.2. The van der Waals surface area contributed by atoms with Gasteiger partial charge in [0.15, 0.2) is 0 Å². The van der Waals surface area contributed by atoms with Crippen LogP contribution in [0.15, 0.2) is 97.1 Å². The summed E-state index contributed by atoms with van der Waals surface area (Å²) in [7, 11) is 1.51. The largest absolute Gasteiger partial charge is 0.455 e. The number of methoxy groups -OCH3 is 1. The van der Waals surface area contributed by atoms with E-state index >= 15 is 4.79 Å². The second kappa shape index (κ2) is 14.7. The summed E-state index contributed by atoms with van der Waals surface area (Å²) in [6.45, 7) is 3.59. The number of esters is 1. The number of carbonyl (C=O) groups excluding carboxylic acids is 4. The number of benzene rings is 3. The van der Waals surface area contributed by atoms with E-state index in [4.69, 9.17) is 14.2 Å². The summed E-state index contributed by atoms with van der Waals surface area (Å²) in [6, 6.07) is 20.0. The lowest BCUT2D eigenvalue weighted by Crippen LogP contribution is -2.59. The summed E-state index contributed by atoms with van der Waals surface area (Å²) in [5, 5.41) is 15.7. The van der Waals surface area contributed by atoms with E-state index in [1.54, 1.807) is 17.1 Å². The van der Waals surface area contributed by atoms with Gasteiger partial charge in [-0.2, -0.15) is 0 Å². The van der Waals surface area contributed by atoms with Gasteiger partial charge in [-0.3, -0.25) is 19.2 Å². The zero-order chi connectivity index (χ0) is 36.6. The number of likely N-dealkylation sites (tertiary alicyclic amines) is 1. The van der Waals surface area contributed by atoms with Crippen molar-refractivity contribution in [1.29, 1.82) is 0 Å². The number of nitrogens with zero attached hydrogens (tertiary/aromatic N) is 2. The molecule has 3 aromatic rings. The Morgan fingerprint density at radius 2 is 1.71 bits per heavy atom. The number of aliphatic hydroxyl groups excluding tert-OH is 1. The highest BCUT2D eigenvalue weighted by Gasteiger charge is 2.74. The standard InChI is InChI=1S/C41H45N3O8/c1-25(2)31(23-45)44-37-39(48)43(29-18-17-26-12-9-10-15-28(26)22-29)21-11-5-8-16-33(46)42-30(24-50-3)36(27-13-6-4-7-14-27)51-40(49)34-32-19-20-41(37,52-32)35(34)38(44)47/h4-7,9-15,17-20,22,25,30-32,34-37,45H,8,16,21,23-24H2,1-3H3,(H,42,46)/b11-5-/t30-,31-,32+,34-,35-,36-,37+,41-/m0/s1. The third-order valence-electron chi connectivity index (χ3n) is 10.9. The Labute approximate surface area is 303 Å². The van der Waals surface area contributed by atoms with Crippen molar-refractivity contribution >= 4 is 40.2 Å². The van der Waals surface area contributed by atoms with Crippen LogP contribution in [0, 0.1) is 17.8 Å². The van der Waals surface area contributed by atoms with E-state index in [0.717, 1.165) is 10.8 Å². The third-order valence-corrected chi connectivity index (χ3v) is 10.9. The van der Waals surface area contributed by atoms with Crippen LogP contribution in [0.5, 0.6) is 0 Å². The van der Waals surface area contributed by atoms with Gasteiger partial charge in [0.2, 0.25) is 11.8 Å². The van der Waals surface area contributed by atoms with Crippen LogP contribution in [0.2, 0.25) is 0 Å². The molecule has 272 valence electrons. The maximum absolute atomic E-state index is 15.3. The van der Waals surface area contributed by atoms with Gasteiger partial charge in [0.05, 0.1) is 37.3 Å². The quantitative estimate of drug-likeness (QED) is 0.277. The summed E-state index contributed by atoms with van der Waals surface area (Å²) < 4.78 is 18.4. The lowest BCUT2D eigenvalue weighted by Gasteiger charge is -2.40. The Morgan fingerprint density at radius 3 is 2.44 bits per heavy atom. The van der Waals surface area contributed by atoms with Gasteiger partial charge in [0, 0.05) is 25.8 Å². The molecule has 2 N–H and O–H groups in total. The average molecular weight is 708 g/mol. The molecule has 0 aromatic heterocycles. The minimum Gasteiger partial charge on any atom is -0.455 e. The van der Waals surface area contributed by atoms with Crippen LogP contribution in [-0.4, -0.2) is 90.4 Å². The average Bonchev–Trinajstić information content (AvgIpc) is 3.79. The van der Waals surface area contributed by atoms with Crippen LogP contribution >= 0.6 is 0 Å². The molecule has 4 aliphatic rings. The molecular formula is C41H45N3O8. The predicted molar refractivity (Wildman–Crippen MR) is 194 cm³/mol. The van der Waals surface area contributed by atoms with Crippen LogP contribution in [0.25, 0.3) is 10.8 Å². The molecule has 2 fully saturated rings. The molecule has 4 aliphatic heterocycles. The van der Waals surface area contributed by atoms with Crippen LogP contribution in [0.3, 0.4) is 0 Å². The minimum absolute atomic E-state index is 0.0584. The number of nitrogens with one attached hydrogen (secondary N) is 1. The van der Waals surface area contributed by atoms with E-state index in [1.807, 2.05) is 98.8 Å². The highest BCUT2D eigenvalue weighted by Crippen LogP contribution is 2.56. The summed E-state index contributed by atoms with van der Waals surface area (Å²) in [5.74, 6) is -4.19. The number of ether oxygens (including phenoxy) is 3. The number of carbonyl (C=O) groups is 4. The summed E-state index contributed by atoms with van der Waals surface area (Å²) in [5.41, 5.74) is -0.231.